The van der Waals surface area contributed by atoms with Crippen LogP contribution < -0.4 is 0 Å². The van der Waals surface area contributed by atoms with Crippen LogP contribution in [0.2, 0.25) is 0 Å². The molecule has 0 saturated carbocycles. The van der Waals surface area contributed by atoms with E-state index < -0.39 is 0 Å². The van der Waals surface area contributed by atoms with Crippen molar-refractivity contribution in [3.8, 4) is 0 Å². The molecule has 3 nitrogen and oxygen atoms in total. The third-order valence-corrected chi connectivity index (χ3v) is 2.65. The van der Waals surface area contributed by atoms with Gasteiger partial charge in [0, 0.05) is 26.1 Å². The SMILES string of the molecule is CC(=O)N1CCCC1C(C)CO. The van der Waals surface area contributed by atoms with E-state index in [1.165, 1.54) is 0 Å². The van der Waals surface area contributed by atoms with E-state index in [-0.39, 0.29) is 24.5 Å². The molecular formula is C9H17NO2. The summed E-state index contributed by atoms with van der Waals surface area (Å²) in [6.07, 6.45) is 2.12. The van der Waals surface area contributed by atoms with Crippen molar-refractivity contribution in [2.75, 3.05) is 13.2 Å². The quantitative estimate of drug-likeness (QED) is 0.662. The zero-order valence-corrected chi connectivity index (χ0v) is 7.79. The van der Waals surface area contributed by atoms with Gasteiger partial charge in [0.25, 0.3) is 0 Å². The lowest BCUT2D eigenvalue weighted by Crippen LogP contribution is -2.38. The van der Waals surface area contributed by atoms with Crippen molar-refractivity contribution in [1.29, 1.82) is 0 Å². The van der Waals surface area contributed by atoms with Gasteiger partial charge in [0.05, 0.1) is 0 Å². The lowest BCUT2D eigenvalue weighted by Gasteiger charge is -2.27. The Morgan fingerprint density at radius 1 is 1.75 bits per heavy atom. The van der Waals surface area contributed by atoms with E-state index in [4.69, 9.17) is 5.11 Å². The van der Waals surface area contributed by atoms with Gasteiger partial charge >= 0.3 is 0 Å². The topological polar surface area (TPSA) is 40.5 Å². The van der Waals surface area contributed by atoms with Crippen molar-refractivity contribution in [3.05, 3.63) is 0 Å². The number of amides is 1. The highest BCUT2D eigenvalue weighted by atomic mass is 16.3. The Morgan fingerprint density at radius 3 is 2.92 bits per heavy atom. The van der Waals surface area contributed by atoms with Gasteiger partial charge in [-0.1, -0.05) is 6.92 Å². The number of hydrogen-bond donors (Lipinski definition) is 1. The minimum Gasteiger partial charge on any atom is -0.396 e. The molecule has 0 aromatic rings. The number of nitrogens with zero attached hydrogens (tertiary/aromatic N) is 1. The van der Waals surface area contributed by atoms with Gasteiger partial charge in [0.1, 0.15) is 0 Å². The molecule has 12 heavy (non-hydrogen) atoms. The van der Waals surface area contributed by atoms with Crippen LogP contribution in [0.4, 0.5) is 0 Å². The van der Waals surface area contributed by atoms with Gasteiger partial charge in [-0.05, 0) is 18.8 Å². The van der Waals surface area contributed by atoms with Crippen molar-refractivity contribution in [2.24, 2.45) is 5.92 Å². The number of carbonyl (C=O) groups is 1. The highest BCUT2D eigenvalue weighted by Crippen LogP contribution is 2.23. The average Bonchev–Trinajstić information content (AvgIpc) is 2.50. The van der Waals surface area contributed by atoms with Crippen LogP contribution in [0.3, 0.4) is 0 Å². The molecule has 0 aromatic carbocycles. The van der Waals surface area contributed by atoms with Crippen molar-refractivity contribution in [3.63, 3.8) is 0 Å². The van der Waals surface area contributed by atoms with Crippen LogP contribution in [0, 0.1) is 5.92 Å². The molecule has 2 unspecified atom stereocenters. The summed E-state index contributed by atoms with van der Waals surface area (Å²) in [5.74, 6) is 0.356. The van der Waals surface area contributed by atoms with Crippen molar-refractivity contribution in [2.45, 2.75) is 32.7 Å². The lowest BCUT2D eigenvalue weighted by atomic mass is 10.0. The maximum Gasteiger partial charge on any atom is 0.219 e. The molecule has 0 aliphatic carbocycles. The van der Waals surface area contributed by atoms with Crippen molar-refractivity contribution in [1.82, 2.24) is 4.90 Å². The second-order valence-electron chi connectivity index (χ2n) is 3.58. The number of carbonyl (C=O) groups excluding carboxylic acids is 1. The van der Waals surface area contributed by atoms with Crippen LogP contribution in [0.5, 0.6) is 0 Å². The zero-order valence-electron chi connectivity index (χ0n) is 7.79. The zero-order chi connectivity index (χ0) is 9.14. The number of aliphatic hydroxyl groups excluding tert-OH is 1. The lowest BCUT2D eigenvalue weighted by molar-refractivity contribution is -0.130. The molecule has 1 rings (SSSR count). The summed E-state index contributed by atoms with van der Waals surface area (Å²) < 4.78 is 0. The number of likely N-dealkylation sites (tertiary alicyclic amines) is 1. The van der Waals surface area contributed by atoms with E-state index in [0.29, 0.717) is 0 Å². The van der Waals surface area contributed by atoms with E-state index >= 15 is 0 Å². The van der Waals surface area contributed by atoms with Crippen molar-refractivity contribution < 1.29 is 9.90 Å². The van der Waals surface area contributed by atoms with E-state index in [1.54, 1.807) is 6.92 Å². The summed E-state index contributed by atoms with van der Waals surface area (Å²) >= 11 is 0. The standard InChI is InChI=1S/C9H17NO2/c1-7(6-11)9-4-3-5-10(9)8(2)12/h7,9,11H,3-6H2,1-2H3. The van der Waals surface area contributed by atoms with E-state index in [0.717, 1.165) is 19.4 Å². The molecule has 0 bridgehead atoms. The first-order chi connectivity index (χ1) is 5.66. The van der Waals surface area contributed by atoms with Gasteiger partial charge in [-0.25, -0.2) is 0 Å². The normalized spacial score (nSPS) is 25.9. The first kappa shape index (κ1) is 9.52. The predicted molar refractivity (Wildman–Crippen MR) is 46.7 cm³/mol. The highest BCUT2D eigenvalue weighted by Gasteiger charge is 2.30. The van der Waals surface area contributed by atoms with Crippen LogP contribution in [-0.2, 0) is 4.79 Å². The Morgan fingerprint density at radius 2 is 2.42 bits per heavy atom. The Kier molecular flexibility index (Phi) is 3.09. The molecule has 1 aliphatic heterocycles. The summed E-state index contributed by atoms with van der Waals surface area (Å²) in [6, 6.07) is 0.271. The predicted octanol–water partition coefficient (Wildman–Crippen LogP) is 0.626. The van der Waals surface area contributed by atoms with E-state index in [9.17, 15) is 4.79 Å². The second kappa shape index (κ2) is 3.90. The number of rotatable bonds is 2. The summed E-state index contributed by atoms with van der Waals surface area (Å²) in [5.41, 5.74) is 0. The molecular weight excluding hydrogens is 154 g/mol. The first-order valence-corrected chi connectivity index (χ1v) is 4.55. The monoisotopic (exact) mass is 171 g/mol. The van der Waals surface area contributed by atoms with E-state index in [2.05, 4.69) is 0 Å². The number of hydrogen-bond acceptors (Lipinski definition) is 2. The molecule has 3 heteroatoms. The molecule has 1 N–H and O–H groups in total. The maximum atomic E-state index is 11.1. The molecule has 1 fully saturated rings. The molecule has 0 radical (unpaired) electrons. The Bertz CT molecular complexity index is 170. The average molecular weight is 171 g/mol. The van der Waals surface area contributed by atoms with Crippen LogP contribution >= 0.6 is 0 Å². The van der Waals surface area contributed by atoms with Crippen LogP contribution in [0.1, 0.15) is 26.7 Å². The van der Waals surface area contributed by atoms with Gasteiger partial charge in [-0.2, -0.15) is 0 Å². The third kappa shape index (κ3) is 1.78. The smallest absolute Gasteiger partial charge is 0.219 e. The first-order valence-electron chi connectivity index (χ1n) is 4.55. The molecule has 0 spiro atoms. The largest absolute Gasteiger partial charge is 0.396 e. The van der Waals surface area contributed by atoms with Gasteiger partial charge in [0.15, 0.2) is 0 Å². The third-order valence-electron chi connectivity index (χ3n) is 2.65. The maximum absolute atomic E-state index is 11.1. The Hall–Kier alpha value is -0.570. The van der Waals surface area contributed by atoms with Crippen LogP contribution in [0.25, 0.3) is 0 Å². The van der Waals surface area contributed by atoms with Gasteiger partial charge in [0.2, 0.25) is 5.91 Å². The molecule has 1 saturated heterocycles. The molecule has 70 valence electrons. The van der Waals surface area contributed by atoms with Gasteiger partial charge in [-0.15, -0.1) is 0 Å². The second-order valence-corrected chi connectivity index (χ2v) is 3.58. The number of aliphatic hydroxyl groups is 1. The molecule has 1 heterocycles. The van der Waals surface area contributed by atoms with Gasteiger partial charge in [-0.3, -0.25) is 4.79 Å². The molecule has 1 amide bonds. The summed E-state index contributed by atoms with van der Waals surface area (Å²) in [7, 11) is 0. The summed E-state index contributed by atoms with van der Waals surface area (Å²) in [4.78, 5) is 13.0. The van der Waals surface area contributed by atoms with E-state index in [1.807, 2.05) is 11.8 Å². The molecule has 0 aromatic heterocycles. The van der Waals surface area contributed by atoms with Crippen LogP contribution in [0.15, 0.2) is 0 Å². The van der Waals surface area contributed by atoms with Gasteiger partial charge < -0.3 is 10.0 Å². The minimum atomic E-state index is 0.137. The Balaban J connectivity index is 2.57. The minimum absolute atomic E-state index is 0.137. The fraction of sp³-hybridized carbons (Fsp3) is 0.889. The molecule has 1 aliphatic rings. The summed E-state index contributed by atoms with van der Waals surface area (Å²) in [6.45, 7) is 4.63. The van der Waals surface area contributed by atoms with Crippen molar-refractivity contribution >= 4 is 5.91 Å². The Labute approximate surface area is 73.4 Å². The fourth-order valence-corrected chi connectivity index (χ4v) is 1.90. The summed E-state index contributed by atoms with van der Waals surface area (Å²) in [5, 5.41) is 8.96. The van der Waals surface area contributed by atoms with Crippen LogP contribution in [-0.4, -0.2) is 35.1 Å². The highest BCUT2D eigenvalue weighted by molar-refractivity contribution is 5.73. The molecule has 2 atom stereocenters. The fourth-order valence-electron chi connectivity index (χ4n) is 1.90.